The summed E-state index contributed by atoms with van der Waals surface area (Å²) >= 11 is 0. The van der Waals surface area contributed by atoms with Crippen molar-refractivity contribution < 1.29 is 9.53 Å². The number of nitrogen functional groups attached to an aromatic ring is 1. The molecule has 0 aliphatic carbocycles. The standard InChI is InChI=1S/C14H12N4O2/c1-9(19)20-11-4-2-3-10(7-11)12-8-18-6-5-13(15)17-14(18)16-12/h2-8H,1H3,(H2,15,16,17). The van der Waals surface area contributed by atoms with Gasteiger partial charge in [-0.2, -0.15) is 4.98 Å². The first-order chi connectivity index (χ1) is 9.61. The summed E-state index contributed by atoms with van der Waals surface area (Å²) in [5, 5.41) is 0. The van der Waals surface area contributed by atoms with Gasteiger partial charge in [-0.05, 0) is 18.2 Å². The van der Waals surface area contributed by atoms with E-state index in [9.17, 15) is 4.79 Å². The Labute approximate surface area is 114 Å². The highest BCUT2D eigenvalue weighted by Crippen LogP contribution is 2.23. The van der Waals surface area contributed by atoms with Crippen molar-refractivity contribution in [2.45, 2.75) is 6.92 Å². The van der Waals surface area contributed by atoms with Crippen LogP contribution in [0.25, 0.3) is 17.0 Å². The number of nitrogens with two attached hydrogens (primary N) is 1. The lowest BCUT2D eigenvalue weighted by Gasteiger charge is -2.02. The molecule has 3 rings (SSSR count). The molecule has 0 radical (unpaired) electrons. The van der Waals surface area contributed by atoms with Crippen LogP contribution in [0.1, 0.15) is 6.92 Å². The molecule has 1 aromatic carbocycles. The average molecular weight is 268 g/mol. The quantitative estimate of drug-likeness (QED) is 0.567. The molecule has 0 unspecified atom stereocenters. The fourth-order valence-electron chi connectivity index (χ4n) is 1.91. The highest BCUT2D eigenvalue weighted by atomic mass is 16.5. The van der Waals surface area contributed by atoms with Crippen LogP contribution in [-0.4, -0.2) is 20.3 Å². The third kappa shape index (κ3) is 2.31. The predicted molar refractivity (Wildman–Crippen MR) is 74.1 cm³/mol. The van der Waals surface area contributed by atoms with Crippen molar-refractivity contribution in [2.24, 2.45) is 0 Å². The van der Waals surface area contributed by atoms with E-state index in [0.29, 0.717) is 17.3 Å². The summed E-state index contributed by atoms with van der Waals surface area (Å²) in [6.07, 6.45) is 3.64. The number of hydrogen-bond acceptors (Lipinski definition) is 5. The van der Waals surface area contributed by atoms with Crippen molar-refractivity contribution >= 4 is 17.6 Å². The molecule has 0 spiro atoms. The molecule has 0 atom stereocenters. The van der Waals surface area contributed by atoms with E-state index < -0.39 is 0 Å². The van der Waals surface area contributed by atoms with Gasteiger partial charge in [-0.1, -0.05) is 12.1 Å². The van der Waals surface area contributed by atoms with Crippen LogP contribution in [0, 0.1) is 0 Å². The number of esters is 1. The molecule has 0 aliphatic rings. The third-order valence-corrected chi connectivity index (χ3v) is 2.74. The second-order valence-corrected chi connectivity index (χ2v) is 4.31. The van der Waals surface area contributed by atoms with Crippen LogP contribution in [0.5, 0.6) is 5.75 Å². The zero-order valence-electron chi connectivity index (χ0n) is 10.8. The lowest BCUT2D eigenvalue weighted by molar-refractivity contribution is -0.131. The summed E-state index contributed by atoms with van der Waals surface area (Å²) in [4.78, 5) is 19.5. The van der Waals surface area contributed by atoms with Crippen LogP contribution < -0.4 is 10.5 Å². The largest absolute Gasteiger partial charge is 0.427 e. The minimum atomic E-state index is -0.355. The Kier molecular flexibility index (Phi) is 2.83. The van der Waals surface area contributed by atoms with Crippen molar-refractivity contribution in [1.29, 1.82) is 0 Å². The number of fused-ring (bicyclic) bond motifs is 1. The van der Waals surface area contributed by atoms with Gasteiger partial charge in [-0.15, -0.1) is 0 Å². The summed E-state index contributed by atoms with van der Waals surface area (Å²) in [5.74, 6) is 1.08. The fraction of sp³-hybridized carbons (Fsp3) is 0.0714. The van der Waals surface area contributed by atoms with E-state index in [1.165, 1.54) is 6.92 Å². The number of hydrogen-bond donors (Lipinski definition) is 1. The summed E-state index contributed by atoms with van der Waals surface area (Å²) < 4.78 is 6.84. The van der Waals surface area contributed by atoms with E-state index in [0.717, 1.165) is 11.3 Å². The van der Waals surface area contributed by atoms with E-state index in [1.807, 2.05) is 12.3 Å². The van der Waals surface area contributed by atoms with Gasteiger partial charge in [0.2, 0.25) is 5.78 Å². The first kappa shape index (κ1) is 12.2. The first-order valence-electron chi connectivity index (χ1n) is 6.02. The molecule has 3 aromatic rings. The van der Waals surface area contributed by atoms with Gasteiger partial charge >= 0.3 is 5.97 Å². The lowest BCUT2D eigenvalue weighted by Crippen LogP contribution is -2.01. The molecule has 2 aromatic heterocycles. The minimum Gasteiger partial charge on any atom is -0.427 e. The van der Waals surface area contributed by atoms with E-state index in [-0.39, 0.29) is 5.97 Å². The smallest absolute Gasteiger partial charge is 0.308 e. The van der Waals surface area contributed by atoms with Gasteiger partial charge in [0, 0.05) is 24.9 Å². The van der Waals surface area contributed by atoms with Gasteiger partial charge in [-0.3, -0.25) is 9.20 Å². The number of nitrogens with zero attached hydrogens (tertiary/aromatic N) is 3. The monoisotopic (exact) mass is 268 g/mol. The molecule has 0 bridgehead atoms. The molecular weight excluding hydrogens is 256 g/mol. The minimum absolute atomic E-state index is 0.355. The highest BCUT2D eigenvalue weighted by Gasteiger charge is 2.07. The first-order valence-corrected chi connectivity index (χ1v) is 6.02. The zero-order chi connectivity index (χ0) is 14.1. The van der Waals surface area contributed by atoms with Gasteiger partial charge in [-0.25, -0.2) is 4.98 Å². The summed E-state index contributed by atoms with van der Waals surface area (Å²) in [7, 11) is 0. The number of aromatic nitrogens is 3. The van der Waals surface area contributed by atoms with Gasteiger partial charge in [0.15, 0.2) is 0 Å². The Hall–Kier alpha value is -2.89. The number of carbonyl (C=O) groups excluding carboxylic acids is 1. The zero-order valence-corrected chi connectivity index (χ0v) is 10.8. The average Bonchev–Trinajstić information content (AvgIpc) is 2.81. The van der Waals surface area contributed by atoms with Crippen LogP contribution in [0.2, 0.25) is 0 Å². The SMILES string of the molecule is CC(=O)Oc1cccc(-c2cn3ccc(N)nc3n2)c1. The fourth-order valence-corrected chi connectivity index (χ4v) is 1.91. The molecule has 100 valence electrons. The Morgan fingerprint density at radius 3 is 2.95 bits per heavy atom. The molecule has 2 heterocycles. The summed E-state index contributed by atoms with van der Waals surface area (Å²) in [5.41, 5.74) is 7.20. The second kappa shape index (κ2) is 4.65. The number of benzene rings is 1. The van der Waals surface area contributed by atoms with E-state index >= 15 is 0 Å². The maximum absolute atomic E-state index is 11.0. The molecule has 0 amide bonds. The molecular formula is C14H12N4O2. The van der Waals surface area contributed by atoms with E-state index in [4.69, 9.17) is 10.5 Å². The lowest BCUT2D eigenvalue weighted by atomic mass is 10.1. The number of imidazole rings is 1. The van der Waals surface area contributed by atoms with Crippen LogP contribution in [0.4, 0.5) is 5.82 Å². The molecule has 0 fully saturated rings. The van der Waals surface area contributed by atoms with Gasteiger partial charge in [0.05, 0.1) is 5.69 Å². The predicted octanol–water partition coefficient (Wildman–Crippen LogP) is 1.90. The van der Waals surface area contributed by atoms with Crippen LogP contribution in [0.3, 0.4) is 0 Å². The molecule has 0 saturated heterocycles. The van der Waals surface area contributed by atoms with Crippen molar-refractivity contribution in [3.8, 4) is 17.0 Å². The van der Waals surface area contributed by atoms with Crippen LogP contribution in [-0.2, 0) is 4.79 Å². The Morgan fingerprint density at radius 1 is 1.30 bits per heavy atom. The number of rotatable bonds is 2. The Bertz CT molecular complexity index is 795. The van der Waals surface area contributed by atoms with Crippen molar-refractivity contribution in [1.82, 2.24) is 14.4 Å². The third-order valence-electron chi connectivity index (χ3n) is 2.74. The molecule has 20 heavy (non-hydrogen) atoms. The van der Waals surface area contributed by atoms with Gasteiger partial charge in [0.1, 0.15) is 11.6 Å². The molecule has 6 nitrogen and oxygen atoms in total. The number of ether oxygens (including phenoxy) is 1. The molecule has 0 aliphatic heterocycles. The topological polar surface area (TPSA) is 82.5 Å². The number of carbonyl (C=O) groups is 1. The van der Waals surface area contributed by atoms with Gasteiger partial charge in [0.25, 0.3) is 0 Å². The molecule has 2 N–H and O–H groups in total. The van der Waals surface area contributed by atoms with Crippen LogP contribution >= 0.6 is 0 Å². The van der Waals surface area contributed by atoms with E-state index in [2.05, 4.69) is 9.97 Å². The summed E-state index contributed by atoms with van der Waals surface area (Å²) in [6.45, 7) is 1.37. The molecule has 0 saturated carbocycles. The van der Waals surface area contributed by atoms with Crippen LogP contribution in [0.15, 0.2) is 42.7 Å². The van der Waals surface area contributed by atoms with Gasteiger partial charge < -0.3 is 10.5 Å². The van der Waals surface area contributed by atoms with Crippen molar-refractivity contribution in [2.75, 3.05) is 5.73 Å². The normalized spacial score (nSPS) is 10.7. The second-order valence-electron chi connectivity index (χ2n) is 4.31. The summed E-state index contributed by atoms with van der Waals surface area (Å²) in [6, 6.07) is 8.87. The number of anilines is 1. The Morgan fingerprint density at radius 2 is 2.15 bits per heavy atom. The van der Waals surface area contributed by atoms with E-state index in [1.54, 1.807) is 34.9 Å². The maximum Gasteiger partial charge on any atom is 0.308 e. The Balaban J connectivity index is 2.03. The van der Waals surface area contributed by atoms with Crippen molar-refractivity contribution in [3.05, 3.63) is 42.7 Å². The van der Waals surface area contributed by atoms with Crippen molar-refractivity contribution in [3.63, 3.8) is 0 Å². The maximum atomic E-state index is 11.0. The highest BCUT2D eigenvalue weighted by molar-refractivity contribution is 5.71. The molecule has 6 heteroatoms.